The van der Waals surface area contributed by atoms with Gasteiger partial charge in [-0.1, -0.05) is 48.0 Å². The van der Waals surface area contributed by atoms with E-state index in [1.54, 1.807) is 0 Å². The molecule has 4 heteroatoms. The molecule has 0 saturated heterocycles. The molecule has 0 amide bonds. The third kappa shape index (κ3) is 2.59. The zero-order valence-electron chi connectivity index (χ0n) is 9.95. The highest BCUT2D eigenvalue weighted by Gasteiger charge is 2.18. The molecule has 0 aliphatic rings. The zero-order chi connectivity index (χ0) is 13.1. The molecule has 2 aromatic carbocycles. The predicted molar refractivity (Wildman–Crippen MR) is 79.5 cm³/mol. The molecule has 1 unspecified atom stereocenters. The highest BCUT2D eigenvalue weighted by Crippen LogP contribution is 2.33. The van der Waals surface area contributed by atoms with Gasteiger partial charge in [-0.25, -0.2) is 5.43 Å². The van der Waals surface area contributed by atoms with Crippen LogP contribution >= 0.6 is 27.5 Å². The van der Waals surface area contributed by atoms with Crippen LogP contribution < -0.4 is 11.3 Å². The first-order valence-corrected chi connectivity index (χ1v) is 6.77. The fraction of sp³-hybridized carbons (Fsp3) is 0.143. The molecule has 3 N–H and O–H groups in total. The molecule has 94 valence electrons. The minimum Gasteiger partial charge on any atom is -0.271 e. The van der Waals surface area contributed by atoms with Crippen molar-refractivity contribution in [1.82, 2.24) is 5.43 Å². The fourth-order valence-corrected chi connectivity index (χ4v) is 2.62. The maximum atomic E-state index is 6.33. The van der Waals surface area contributed by atoms with Crippen molar-refractivity contribution in [2.24, 2.45) is 5.84 Å². The molecule has 1 atom stereocenters. The lowest BCUT2D eigenvalue weighted by Gasteiger charge is -2.20. The maximum absolute atomic E-state index is 6.33. The van der Waals surface area contributed by atoms with E-state index in [1.165, 1.54) is 5.56 Å². The second-order valence-corrected chi connectivity index (χ2v) is 5.33. The van der Waals surface area contributed by atoms with Gasteiger partial charge in [0.15, 0.2) is 0 Å². The molecular weight excluding hydrogens is 312 g/mol. The second kappa shape index (κ2) is 5.85. The summed E-state index contributed by atoms with van der Waals surface area (Å²) in [6, 6.07) is 13.8. The van der Waals surface area contributed by atoms with Crippen molar-refractivity contribution in [1.29, 1.82) is 0 Å². The predicted octanol–water partition coefficient (Wildman–Crippen LogP) is 3.96. The topological polar surface area (TPSA) is 38.0 Å². The van der Waals surface area contributed by atoms with Crippen molar-refractivity contribution in [3.63, 3.8) is 0 Å². The summed E-state index contributed by atoms with van der Waals surface area (Å²) < 4.78 is 0.871. The third-order valence-corrected chi connectivity index (χ3v) is 4.27. The molecule has 2 nitrogen and oxygen atoms in total. The number of halogens is 2. The van der Waals surface area contributed by atoms with Gasteiger partial charge >= 0.3 is 0 Å². The summed E-state index contributed by atoms with van der Waals surface area (Å²) in [5, 5.41) is 0.684. The fourth-order valence-electron chi connectivity index (χ4n) is 2.00. The minimum atomic E-state index is -0.115. The Morgan fingerprint density at radius 3 is 2.44 bits per heavy atom. The minimum absolute atomic E-state index is 0.115. The summed E-state index contributed by atoms with van der Waals surface area (Å²) in [5.74, 6) is 5.70. The molecule has 2 rings (SSSR count). The van der Waals surface area contributed by atoms with Crippen LogP contribution in [0.1, 0.15) is 22.7 Å². The van der Waals surface area contributed by atoms with E-state index in [2.05, 4.69) is 40.4 Å². The van der Waals surface area contributed by atoms with Crippen molar-refractivity contribution in [3.05, 3.63) is 68.7 Å². The van der Waals surface area contributed by atoms with E-state index in [-0.39, 0.29) is 6.04 Å². The number of nitrogens with two attached hydrogens (primary N) is 1. The van der Waals surface area contributed by atoms with E-state index in [0.717, 1.165) is 15.6 Å². The molecule has 0 heterocycles. The van der Waals surface area contributed by atoms with E-state index in [1.807, 2.05) is 30.3 Å². The number of hydrogen-bond acceptors (Lipinski definition) is 2. The maximum Gasteiger partial charge on any atom is 0.0727 e. The highest BCUT2D eigenvalue weighted by atomic mass is 79.9. The standard InChI is InChI=1S/C14H14BrClN2/c1-9-5-2-3-6-10(9)14(18-17)11-7-4-8-12(15)13(11)16/h2-8,14,18H,17H2,1H3. The molecule has 2 aromatic rings. The van der Waals surface area contributed by atoms with Crippen LogP contribution in [0, 0.1) is 6.92 Å². The van der Waals surface area contributed by atoms with E-state index in [9.17, 15) is 0 Å². The number of aryl methyl sites for hydroxylation is 1. The van der Waals surface area contributed by atoms with Gasteiger partial charge in [0, 0.05) is 4.47 Å². The molecule has 0 aliphatic heterocycles. The highest BCUT2D eigenvalue weighted by molar-refractivity contribution is 9.10. The molecule has 18 heavy (non-hydrogen) atoms. The third-order valence-electron chi connectivity index (χ3n) is 2.96. The average molecular weight is 326 g/mol. The van der Waals surface area contributed by atoms with Gasteiger partial charge in [0.05, 0.1) is 11.1 Å². The van der Waals surface area contributed by atoms with Gasteiger partial charge in [0.25, 0.3) is 0 Å². The number of hydrazine groups is 1. The van der Waals surface area contributed by atoms with Crippen LogP contribution in [-0.4, -0.2) is 0 Å². The monoisotopic (exact) mass is 324 g/mol. The Balaban J connectivity index is 2.53. The summed E-state index contributed by atoms with van der Waals surface area (Å²) in [4.78, 5) is 0. The van der Waals surface area contributed by atoms with Crippen LogP contribution in [0.4, 0.5) is 0 Å². The summed E-state index contributed by atoms with van der Waals surface area (Å²) in [5.41, 5.74) is 6.10. The molecule has 0 fully saturated rings. The lowest BCUT2D eigenvalue weighted by Crippen LogP contribution is -2.29. The van der Waals surface area contributed by atoms with E-state index < -0.39 is 0 Å². The number of rotatable bonds is 3. The summed E-state index contributed by atoms with van der Waals surface area (Å²) in [6.45, 7) is 2.06. The Morgan fingerprint density at radius 1 is 1.11 bits per heavy atom. The first-order valence-electron chi connectivity index (χ1n) is 5.60. The first-order chi connectivity index (χ1) is 8.65. The lowest BCUT2D eigenvalue weighted by atomic mass is 9.95. The van der Waals surface area contributed by atoms with Crippen LogP contribution in [0.25, 0.3) is 0 Å². The molecule has 0 aliphatic carbocycles. The van der Waals surface area contributed by atoms with Crippen molar-refractivity contribution in [3.8, 4) is 0 Å². The molecule has 0 spiro atoms. The molecule has 0 saturated carbocycles. The summed E-state index contributed by atoms with van der Waals surface area (Å²) in [6.07, 6.45) is 0. The average Bonchev–Trinajstić information content (AvgIpc) is 2.37. The van der Waals surface area contributed by atoms with Crippen LogP contribution in [0.5, 0.6) is 0 Å². The van der Waals surface area contributed by atoms with Crippen LogP contribution in [0.2, 0.25) is 5.02 Å². The van der Waals surface area contributed by atoms with E-state index in [0.29, 0.717) is 5.02 Å². The number of benzene rings is 2. The van der Waals surface area contributed by atoms with Crippen LogP contribution in [0.15, 0.2) is 46.9 Å². The van der Waals surface area contributed by atoms with Gasteiger partial charge in [-0.15, -0.1) is 0 Å². The van der Waals surface area contributed by atoms with Crippen molar-refractivity contribution < 1.29 is 0 Å². The van der Waals surface area contributed by atoms with Gasteiger partial charge in [0.1, 0.15) is 0 Å². The number of hydrogen-bond donors (Lipinski definition) is 2. The summed E-state index contributed by atoms with van der Waals surface area (Å²) in [7, 11) is 0. The number of nitrogens with one attached hydrogen (secondary N) is 1. The Morgan fingerprint density at radius 2 is 1.78 bits per heavy atom. The molecule has 0 radical (unpaired) electrons. The van der Waals surface area contributed by atoms with Gasteiger partial charge in [-0.3, -0.25) is 5.84 Å². The quantitative estimate of drug-likeness (QED) is 0.662. The van der Waals surface area contributed by atoms with Crippen LogP contribution in [-0.2, 0) is 0 Å². The van der Waals surface area contributed by atoms with Crippen molar-refractivity contribution in [2.75, 3.05) is 0 Å². The Bertz CT molecular complexity index is 557. The largest absolute Gasteiger partial charge is 0.271 e. The van der Waals surface area contributed by atoms with Crippen molar-refractivity contribution >= 4 is 27.5 Å². The smallest absolute Gasteiger partial charge is 0.0727 e. The summed E-state index contributed by atoms with van der Waals surface area (Å²) >= 11 is 9.76. The molecule has 0 bridgehead atoms. The second-order valence-electron chi connectivity index (χ2n) is 4.10. The van der Waals surface area contributed by atoms with Gasteiger partial charge in [-0.2, -0.15) is 0 Å². The SMILES string of the molecule is Cc1ccccc1C(NN)c1cccc(Br)c1Cl. The van der Waals surface area contributed by atoms with Crippen LogP contribution in [0.3, 0.4) is 0 Å². The van der Waals surface area contributed by atoms with E-state index >= 15 is 0 Å². The van der Waals surface area contributed by atoms with Gasteiger partial charge < -0.3 is 0 Å². The Kier molecular flexibility index (Phi) is 4.40. The normalized spacial score (nSPS) is 12.4. The van der Waals surface area contributed by atoms with E-state index in [4.69, 9.17) is 17.4 Å². The molecular formula is C14H14BrClN2. The first kappa shape index (κ1) is 13.6. The van der Waals surface area contributed by atoms with Gasteiger partial charge in [-0.05, 0) is 45.6 Å². The lowest BCUT2D eigenvalue weighted by molar-refractivity contribution is 0.633. The molecule has 0 aromatic heterocycles. The zero-order valence-corrected chi connectivity index (χ0v) is 12.3. The Hall–Kier alpha value is -0.870. The van der Waals surface area contributed by atoms with Gasteiger partial charge in [0.2, 0.25) is 0 Å². The van der Waals surface area contributed by atoms with Crippen molar-refractivity contribution in [2.45, 2.75) is 13.0 Å². The Labute approximate surface area is 120 Å².